The molecule has 0 aromatic carbocycles. The molecule has 0 aromatic heterocycles. The van der Waals surface area contributed by atoms with Crippen molar-refractivity contribution in [2.75, 3.05) is 13.2 Å². The first-order chi connectivity index (χ1) is 5.20. The Morgan fingerprint density at radius 3 is 2.45 bits per heavy atom. The highest BCUT2D eigenvalue weighted by Gasteiger charge is 2.06. The van der Waals surface area contributed by atoms with Gasteiger partial charge in [-0.1, -0.05) is 0 Å². The topological polar surface area (TPSA) is 38.7 Å². The van der Waals surface area contributed by atoms with Crippen molar-refractivity contribution in [3.8, 4) is 0 Å². The number of hydrogen-bond acceptors (Lipinski definition) is 3. The Labute approximate surface area is 68.3 Å². The SMILES string of the molecule is CCOC(C)O[C@@H](C)CCO. The summed E-state index contributed by atoms with van der Waals surface area (Å²) in [5.41, 5.74) is 0. The van der Waals surface area contributed by atoms with Gasteiger partial charge in [0.15, 0.2) is 6.29 Å². The summed E-state index contributed by atoms with van der Waals surface area (Å²) in [7, 11) is 0. The number of rotatable bonds is 6. The van der Waals surface area contributed by atoms with Gasteiger partial charge < -0.3 is 14.6 Å². The molecule has 68 valence electrons. The highest BCUT2D eigenvalue weighted by molar-refractivity contribution is 4.48. The second-order valence-electron chi connectivity index (χ2n) is 2.48. The standard InChI is InChI=1S/C8H18O3/c1-4-10-8(3)11-7(2)5-6-9/h7-9H,4-6H2,1-3H3/t7-,8?/m0/s1. The highest BCUT2D eigenvalue weighted by Crippen LogP contribution is 2.02. The van der Waals surface area contributed by atoms with Crippen LogP contribution in [0, 0.1) is 0 Å². The van der Waals surface area contributed by atoms with Crippen LogP contribution in [0.3, 0.4) is 0 Å². The van der Waals surface area contributed by atoms with E-state index >= 15 is 0 Å². The van der Waals surface area contributed by atoms with Gasteiger partial charge in [-0.25, -0.2) is 0 Å². The van der Waals surface area contributed by atoms with Gasteiger partial charge in [0.2, 0.25) is 0 Å². The van der Waals surface area contributed by atoms with E-state index in [-0.39, 0.29) is 19.0 Å². The normalized spacial score (nSPS) is 16.4. The lowest BCUT2D eigenvalue weighted by Gasteiger charge is -2.17. The van der Waals surface area contributed by atoms with Gasteiger partial charge in [0.05, 0.1) is 6.10 Å². The summed E-state index contributed by atoms with van der Waals surface area (Å²) in [6.45, 7) is 6.53. The predicted molar refractivity (Wildman–Crippen MR) is 43.3 cm³/mol. The lowest BCUT2D eigenvalue weighted by Crippen LogP contribution is -2.20. The first-order valence-corrected chi connectivity index (χ1v) is 4.08. The van der Waals surface area contributed by atoms with E-state index in [9.17, 15) is 0 Å². The first-order valence-electron chi connectivity index (χ1n) is 4.08. The average molecular weight is 162 g/mol. The maximum Gasteiger partial charge on any atom is 0.155 e. The molecule has 0 rings (SSSR count). The van der Waals surface area contributed by atoms with Crippen molar-refractivity contribution in [1.82, 2.24) is 0 Å². The van der Waals surface area contributed by atoms with E-state index in [1.165, 1.54) is 0 Å². The van der Waals surface area contributed by atoms with Crippen LogP contribution in [-0.4, -0.2) is 30.7 Å². The van der Waals surface area contributed by atoms with Crippen molar-refractivity contribution in [2.24, 2.45) is 0 Å². The van der Waals surface area contributed by atoms with Crippen LogP contribution in [0.15, 0.2) is 0 Å². The van der Waals surface area contributed by atoms with Gasteiger partial charge in [-0.05, 0) is 27.2 Å². The summed E-state index contributed by atoms with van der Waals surface area (Å²) in [6, 6.07) is 0. The van der Waals surface area contributed by atoms with Crippen LogP contribution in [0.2, 0.25) is 0 Å². The third-order valence-corrected chi connectivity index (χ3v) is 1.36. The fourth-order valence-corrected chi connectivity index (χ4v) is 0.851. The smallest absolute Gasteiger partial charge is 0.155 e. The monoisotopic (exact) mass is 162 g/mol. The van der Waals surface area contributed by atoms with Gasteiger partial charge in [-0.15, -0.1) is 0 Å². The summed E-state index contributed by atoms with van der Waals surface area (Å²) in [6.07, 6.45) is 0.570. The minimum Gasteiger partial charge on any atom is -0.396 e. The molecule has 3 heteroatoms. The van der Waals surface area contributed by atoms with Crippen LogP contribution in [0.5, 0.6) is 0 Å². The van der Waals surface area contributed by atoms with E-state index in [4.69, 9.17) is 14.6 Å². The molecule has 2 atom stereocenters. The summed E-state index contributed by atoms with van der Waals surface area (Å²) in [4.78, 5) is 0. The van der Waals surface area contributed by atoms with E-state index in [2.05, 4.69) is 0 Å². The molecule has 0 aliphatic carbocycles. The van der Waals surface area contributed by atoms with Crippen molar-refractivity contribution in [1.29, 1.82) is 0 Å². The van der Waals surface area contributed by atoms with Crippen LogP contribution in [0.25, 0.3) is 0 Å². The lowest BCUT2D eigenvalue weighted by atomic mass is 10.3. The van der Waals surface area contributed by atoms with Gasteiger partial charge in [0, 0.05) is 13.2 Å². The fraction of sp³-hybridized carbons (Fsp3) is 1.00. The number of hydrogen-bond donors (Lipinski definition) is 1. The van der Waals surface area contributed by atoms with Crippen molar-refractivity contribution in [3.05, 3.63) is 0 Å². The minimum absolute atomic E-state index is 0.0709. The molecule has 3 nitrogen and oxygen atoms in total. The second-order valence-corrected chi connectivity index (χ2v) is 2.48. The van der Waals surface area contributed by atoms with E-state index in [0.717, 1.165) is 0 Å². The molecule has 0 spiro atoms. The molecule has 0 radical (unpaired) electrons. The largest absolute Gasteiger partial charge is 0.396 e. The molecule has 1 unspecified atom stereocenters. The molecule has 0 fully saturated rings. The van der Waals surface area contributed by atoms with Crippen molar-refractivity contribution >= 4 is 0 Å². The van der Waals surface area contributed by atoms with Crippen molar-refractivity contribution in [3.63, 3.8) is 0 Å². The molecule has 0 aliphatic heterocycles. The molecule has 0 aliphatic rings. The van der Waals surface area contributed by atoms with Crippen LogP contribution in [0.4, 0.5) is 0 Å². The Morgan fingerprint density at radius 2 is 2.00 bits per heavy atom. The summed E-state index contributed by atoms with van der Waals surface area (Å²) < 4.78 is 10.5. The van der Waals surface area contributed by atoms with E-state index in [1.54, 1.807) is 0 Å². The third kappa shape index (κ3) is 6.28. The van der Waals surface area contributed by atoms with Crippen LogP contribution < -0.4 is 0 Å². The van der Waals surface area contributed by atoms with E-state index in [0.29, 0.717) is 13.0 Å². The molecule has 11 heavy (non-hydrogen) atoms. The zero-order chi connectivity index (χ0) is 8.69. The molecule has 0 saturated heterocycles. The fourth-order valence-electron chi connectivity index (χ4n) is 0.851. The average Bonchev–Trinajstić information content (AvgIpc) is 1.87. The third-order valence-electron chi connectivity index (χ3n) is 1.36. The predicted octanol–water partition coefficient (Wildman–Crippen LogP) is 1.16. The molecule has 0 aromatic rings. The van der Waals surface area contributed by atoms with Crippen LogP contribution >= 0.6 is 0 Å². The van der Waals surface area contributed by atoms with Crippen LogP contribution in [-0.2, 0) is 9.47 Å². The maximum absolute atomic E-state index is 8.56. The van der Waals surface area contributed by atoms with E-state index < -0.39 is 0 Å². The number of aliphatic hydroxyl groups excluding tert-OH is 1. The summed E-state index contributed by atoms with van der Waals surface area (Å²) in [5.74, 6) is 0. The first kappa shape index (κ1) is 10.9. The summed E-state index contributed by atoms with van der Waals surface area (Å²) >= 11 is 0. The maximum atomic E-state index is 8.56. The molecule has 0 bridgehead atoms. The Hall–Kier alpha value is -0.120. The number of ether oxygens (including phenoxy) is 2. The number of aliphatic hydroxyl groups is 1. The Morgan fingerprint density at radius 1 is 1.36 bits per heavy atom. The molecule has 0 amide bonds. The van der Waals surface area contributed by atoms with E-state index in [1.807, 2.05) is 20.8 Å². The summed E-state index contributed by atoms with van der Waals surface area (Å²) in [5, 5.41) is 8.56. The van der Waals surface area contributed by atoms with Gasteiger partial charge in [0.1, 0.15) is 0 Å². The molecule has 0 saturated carbocycles. The quantitative estimate of drug-likeness (QED) is 0.595. The zero-order valence-corrected chi connectivity index (χ0v) is 7.54. The Balaban J connectivity index is 3.32. The minimum atomic E-state index is -0.165. The highest BCUT2D eigenvalue weighted by atomic mass is 16.7. The molecular formula is C8H18O3. The Bertz CT molecular complexity index is 75.4. The lowest BCUT2D eigenvalue weighted by molar-refractivity contribution is -0.155. The van der Waals surface area contributed by atoms with Gasteiger partial charge in [0.25, 0.3) is 0 Å². The van der Waals surface area contributed by atoms with Crippen molar-refractivity contribution in [2.45, 2.75) is 39.6 Å². The zero-order valence-electron chi connectivity index (χ0n) is 7.54. The Kier molecular flexibility index (Phi) is 6.51. The molecule has 1 N–H and O–H groups in total. The molecule has 0 heterocycles. The van der Waals surface area contributed by atoms with Gasteiger partial charge >= 0.3 is 0 Å². The second kappa shape index (κ2) is 6.58. The molecular weight excluding hydrogens is 144 g/mol. The van der Waals surface area contributed by atoms with Crippen LogP contribution in [0.1, 0.15) is 27.2 Å². The van der Waals surface area contributed by atoms with Gasteiger partial charge in [-0.3, -0.25) is 0 Å². The van der Waals surface area contributed by atoms with Gasteiger partial charge in [-0.2, -0.15) is 0 Å². The van der Waals surface area contributed by atoms with Crippen molar-refractivity contribution < 1.29 is 14.6 Å².